The van der Waals surface area contributed by atoms with E-state index in [9.17, 15) is 30.3 Å². The van der Waals surface area contributed by atoms with Crippen LogP contribution in [0.4, 0.5) is 17.1 Å². The van der Waals surface area contributed by atoms with E-state index in [0.29, 0.717) is 16.5 Å². The minimum Gasteiger partial charge on any atom is -0.364 e. The number of nitrogens with zero attached hydrogens (tertiary/aromatic N) is 4. The van der Waals surface area contributed by atoms with E-state index >= 15 is 0 Å². The van der Waals surface area contributed by atoms with Crippen molar-refractivity contribution in [2.75, 3.05) is 14.1 Å². The van der Waals surface area contributed by atoms with Gasteiger partial charge in [0.25, 0.3) is 17.1 Å². The van der Waals surface area contributed by atoms with Gasteiger partial charge in [-0.15, -0.1) is 0 Å². The van der Waals surface area contributed by atoms with Crippen molar-refractivity contribution in [3.05, 3.63) is 48.0 Å². The van der Waals surface area contributed by atoms with Crippen molar-refractivity contribution in [1.29, 1.82) is 0 Å². The van der Waals surface area contributed by atoms with E-state index < -0.39 is 31.8 Å². The minimum absolute atomic E-state index is 0.137. The molecule has 0 atom stereocenters. The minimum atomic E-state index is -0.915. The molecule has 0 spiro atoms. The molecule has 0 heterocycles. The summed E-state index contributed by atoms with van der Waals surface area (Å²) in [6, 6.07) is 1.42. The Kier molecular flexibility index (Phi) is 5.70. The highest BCUT2D eigenvalue weighted by atomic mass is 32.2. The van der Waals surface area contributed by atoms with Gasteiger partial charge in [-0.3, -0.25) is 30.3 Å². The van der Waals surface area contributed by atoms with Crippen LogP contribution < -0.4 is 0 Å². The van der Waals surface area contributed by atoms with Gasteiger partial charge in [0.1, 0.15) is 9.88 Å². The van der Waals surface area contributed by atoms with Gasteiger partial charge in [-0.1, -0.05) is 24.0 Å². The highest BCUT2D eigenvalue weighted by Gasteiger charge is 2.30. The average molecular weight is 346 g/mol. The van der Waals surface area contributed by atoms with Crippen LogP contribution >= 0.6 is 24.0 Å². The zero-order chi connectivity index (χ0) is 17.0. The van der Waals surface area contributed by atoms with Crippen LogP contribution in [0.3, 0.4) is 0 Å². The number of nitro groups is 3. The highest BCUT2D eigenvalue weighted by molar-refractivity contribution is 8.22. The quantitative estimate of drug-likeness (QED) is 0.448. The smallest absolute Gasteiger partial charge is 0.287 e. The van der Waals surface area contributed by atoms with Gasteiger partial charge in [0.2, 0.25) is 0 Å². The Morgan fingerprint density at radius 3 is 1.86 bits per heavy atom. The summed E-state index contributed by atoms with van der Waals surface area (Å²) in [6.07, 6.45) is 0. The van der Waals surface area contributed by atoms with E-state index in [2.05, 4.69) is 0 Å². The lowest BCUT2D eigenvalue weighted by molar-refractivity contribution is -0.404. The molecule has 0 saturated carbocycles. The summed E-state index contributed by atoms with van der Waals surface area (Å²) in [6.45, 7) is 0. The molecule has 10 nitrogen and oxygen atoms in total. The fourth-order valence-electron chi connectivity index (χ4n) is 1.47. The molecule has 22 heavy (non-hydrogen) atoms. The van der Waals surface area contributed by atoms with E-state index in [-0.39, 0.29) is 11.3 Å². The van der Waals surface area contributed by atoms with Crippen LogP contribution in [0.15, 0.2) is 12.1 Å². The van der Waals surface area contributed by atoms with Gasteiger partial charge >= 0.3 is 0 Å². The summed E-state index contributed by atoms with van der Waals surface area (Å²) in [5.41, 5.74) is -2.26. The van der Waals surface area contributed by atoms with Gasteiger partial charge in [0.15, 0.2) is 0 Å². The number of non-ortho nitro benzene ring substituents is 1. The SMILES string of the molecule is CN(C)C(=S)SCc1c([N+](=O)[O-])cc([N+](=O)[O-])cc1[N+](=O)[O-]. The summed E-state index contributed by atoms with van der Waals surface area (Å²) >= 11 is 6.00. The van der Waals surface area contributed by atoms with Crippen LogP contribution in [0.1, 0.15) is 5.56 Å². The fourth-order valence-corrected chi connectivity index (χ4v) is 2.47. The molecule has 118 valence electrons. The summed E-state index contributed by atoms with van der Waals surface area (Å²) in [7, 11) is 3.32. The van der Waals surface area contributed by atoms with E-state index in [1.54, 1.807) is 19.0 Å². The maximum absolute atomic E-state index is 11.1. The third-order valence-corrected chi connectivity index (χ3v) is 4.26. The first-order valence-corrected chi connectivity index (χ1v) is 6.98. The molecule has 0 saturated heterocycles. The lowest BCUT2D eigenvalue weighted by Crippen LogP contribution is -2.16. The molecule has 0 aliphatic carbocycles. The van der Waals surface area contributed by atoms with E-state index in [1.807, 2.05) is 0 Å². The predicted molar refractivity (Wildman–Crippen MR) is 84.0 cm³/mol. The number of nitro benzene ring substituents is 3. The summed E-state index contributed by atoms with van der Waals surface area (Å²) in [4.78, 5) is 31.8. The number of thiocarbonyl (C=S) groups is 1. The number of hydrogen-bond donors (Lipinski definition) is 0. The van der Waals surface area contributed by atoms with Gasteiger partial charge in [-0.25, -0.2) is 0 Å². The van der Waals surface area contributed by atoms with Gasteiger partial charge < -0.3 is 4.90 Å². The van der Waals surface area contributed by atoms with Crippen molar-refractivity contribution in [3.8, 4) is 0 Å². The molecule has 0 radical (unpaired) electrons. The number of hydrogen-bond acceptors (Lipinski definition) is 8. The molecule has 0 fully saturated rings. The topological polar surface area (TPSA) is 133 Å². The van der Waals surface area contributed by atoms with Gasteiger partial charge in [-0.05, 0) is 0 Å². The highest BCUT2D eigenvalue weighted by Crippen LogP contribution is 2.36. The third kappa shape index (κ3) is 4.08. The largest absolute Gasteiger partial charge is 0.364 e. The summed E-state index contributed by atoms with van der Waals surface area (Å²) < 4.78 is 0.377. The first-order valence-electron chi connectivity index (χ1n) is 5.59. The van der Waals surface area contributed by atoms with Crippen molar-refractivity contribution in [2.24, 2.45) is 0 Å². The standard InChI is InChI=1S/C10H10N4O6S2/c1-11(2)10(21)22-5-7-8(13(17)18)3-6(12(15)16)4-9(7)14(19)20/h3-4H,5H2,1-2H3. The average Bonchev–Trinajstić information content (AvgIpc) is 2.42. The van der Waals surface area contributed by atoms with Crippen molar-refractivity contribution in [3.63, 3.8) is 0 Å². The van der Waals surface area contributed by atoms with E-state index in [1.165, 1.54) is 0 Å². The fraction of sp³-hybridized carbons (Fsp3) is 0.300. The molecule has 1 aromatic rings. The van der Waals surface area contributed by atoms with E-state index in [4.69, 9.17) is 12.2 Å². The second-order valence-electron chi connectivity index (χ2n) is 4.18. The number of benzene rings is 1. The lowest BCUT2D eigenvalue weighted by Gasteiger charge is -2.12. The van der Waals surface area contributed by atoms with Gasteiger partial charge in [0.05, 0.1) is 26.9 Å². The zero-order valence-electron chi connectivity index (χ0n) is 11.4. The van der Waals surface area contributed by atoms with Crippen LogP contribution in [0.2, 0.25) is 0 Å². The van der Waals surface area contributed by atoms with Crippen LogP contribution in [-0.4, -0.2) is 38.1 Å². The Morgan fingerprint density at radius 1 is 1.09 bits per heavy atom. The Bertz CT molecular complexity index is 628. The second-order valence-corrected chi connectivity index (χ2v) is 5.79. The molecular formula is C10H10N4O6S2. The molecule has 12 heteroatoms. The molecule has 0 N–H and O–H groups in total. The number of thioether (sulfide) groups is 1. The van der Waals surface area contributed by atoms with E-state index in [0.717, 1.165) is 11.8 Å². The maximum Gasteiger partial charge on any atom is 0.287 e. The maximum atomic E-state index is 11.1. The summed E-state index contributed by atoms with van der Waals surface area (Å²) in [5.74, 6) is -0.137. The Labute approximate surface area is 133 Å². The first kappa shape index (κ1) is 17.7. The van der Waals surface area contributed by atoms with Crippen LogP contribution in [-0.2, 0) is 5.75 Å². The van der Waals surface area contributed by atoms with Gasteiger partial charge in [0, 0.05) is 19.8 Å². The van der Waals surface area contributed by atoms with Crippen molar-refractivity contribution >= 4 is 45.4 Å². The molecule has 0 bridgehead atoms. The molecule has 0 aliphatic heterocycles. The number of rotatable bonds is 5. The molecular weight excluding hydrogens is 336 g/mol. The molecule has 0 amide bonds. The monoisotopic (exact) mass is 346 g/mol. The van der Waals surface area contributed by atoms with Crippen LogP contribution in [0, 0.1) is 30.3 Å². The predicted octanol–water partition coefficient (Wildman–Crippen LogP) is 2.49. The first-order chi connectivity index (χ1) is 10.1. The van der Waals surface area contributed by atoms with Crippen molar-refractivity contribution in [2.45, 2.75) is 5.75 Å². The van der Waals surface area contributed by atoms with Crippen LogP contribution in [0.25, 0.3) is 0 Å². The zero-order valence-corrected chi connectivity index (χ0v) is 13.0. The molecule has 1 rings (SSSR count). The Hall–Kier alpha value is -2.34. The molecule has 0 unspecified atom stereocenters. The van der Waals surface area contributed by atoms with Crippen molar-refractivity contribution in [1.82, 2.24) is 4.90 Å². The Balaban J connectivity index is 3.39. The Morgan fingerprint density at radius 2 is 1.55 bits per heavy atom. The normalized spacial score (nSPS) is 10.1. The molecule has 1 aromatic carbocycles. The van der Waals surface area contributed by atoms with Crippen LogP contribution in [0.5, 0.6) is 0 Å². The lowest BCUT2D eigenvalue weighted by atomic mass is 10.1. The summed E-state index contributed by atoms with van der Waals surface area (Å²) in [5, 5.41) is 32.9. The van der Waals surface area contributed by atoms with Gasteiger partial charge in [-0.2, -0.15) is 0 Å². The second kappa shape index (κ2) is 7.09. The third-order valence-electron chi connectivity index (χ3n) is 2.50. The molecule has 0 aromatic heterocycles. The molecule has 0 aliphatic rings. The van der Waals surface area contributed by atoms with Crippen molar-refractivity contribution < 1.29 is 14.8 Å².